The predicted octanol–water partition coefficient (Wildman–Crippen LogP) is 4.25. The largest absolute Gasteiger partial charge is 0.345 e. The standard InChI is InChI=1S/C19H28ClNO3S/c1-17(2,3)25(22)21(4)18(15-9-5-6-10-16(15)20)11-7-8-12-19(18)23-13-14-24-19/h5-6,9-10H,7-8,11-14H2,1-4H3. The number of nitrogens with zero attached hydrogens (tertiary/aromatic N) is 1. The van der Waals surface area contributed by atoms with Gasteiger partial charge in [-0.3, -0.25) is 0 Å². The van der Waals surface area contributed by atoms with Crippen LogP contribution in [0, 0.1) is 0 Å². The Morgan fingerprint density at radius 3 is 2.32 bits per heavy atom. The van der Waals surface area contributed by atoms with E-state index in [0.29, 0.717) is 18.2 Å². The van der Waals surface area contributed by atoms with Gasteiger partial charge in [-0.15, -0.1) is 0 Å². The Morgan fingerprint density at radius 2 is 1.72 bits per heavy atom. The first-order chi connectivity index (χ1) is 11.7. The molecule has 1 heterocycles. The minimum atomic E-state index is -1.24. The molecular formula is C19H28ClNO3S. The molecule has 1 spiro atoms. The van der Waals surface area contributed by atoms with Gasteiger partial charge in [-0.05, 0) is 45.2 Å². The highest BCUT2D eigenvalue weighted by Gasteiger charge is 2.62. The van der Waals surface area contributed by atoms with Crippen molar-refractivity contribution in [1.82, 2.24) is 4.31 Å². The first kappa shape index (κ1) is 19.3. The molecule has 2 fully saturated rings. The lowest BCUT2D eigenvalue weighted by Crippen LogP contribution is -2.64. The average molecular weight is 386 g/mol. The van der Waals surface area contributed by atoms with Crippen molar-refractivity contribution in [3.05, 3.63) is 34.9 Å². The number of hydrogen-bond donors (Lipinski definition) is 0. The van der Waals surface area contributed by atoms with Gasteiger partial charge in [-0.2, -0.15) is 0 Å². The lowest BCUT2D eigenvalue weighted by molar-refractivity contribution is -0.251. The molecule has 0 radical (unpaired) electrons. The second-order valence-corrected chi connectivity index (χ2v) is 10.5. The van der Waals surface area contributed by atoms with Crippen LogP contribution in [0.2, 0.25) is 5.02 Å². The normalized spacial score (nSPS) is 27.8. The Balaban J connectivity index is 2.21. The molecule has 3 rings (SSSR count). The number of benzene rings is 1. The van der Waals surface area contributed by atoms with Crippen LogP contribution in [0.3, 0.4) is 0 Å². The van der Waals surface area contributed by atoms with Gasteiger partial charge in [0.15, 0.2) is 5.79 Å². The summed E-state index contributed by atoms with van der Waals surface area (Å²) in [5.74, 6) is -0.800. The molecule has 1 saturated heterocycles. The molecular weight excluding hydrogens is 358 g/mol. The van der Waals surface area contributed by atoms with E-state index in [-0.39, 0.29) is 4.75 Å². The summed E-state index contributed by atoms with van der Waals surface area (Å²) in [6.45, 7) is 7.09. The van der Waals surface area contributed by atoms with Crippen LogP contribution in [0.4, 0.5) is 0 Å². The second-order valence-electron chi connectivity index (χ2n) is 7.86. The van der Waals surface area contributed by atoms with Gasteiger partial charge in [0.25, 0.3) is 0 Å². The fraction of sp³-hybridized carbons (Fsp3) is 0.684. The summed E-state index contributed by atoms with van der Waals surface area (Å²) in [4.78, 5) is 0. The zero-order chi connectivity index (χ0) is 18.3. The first-order valence-corrected chi connectivity index (χ1v) is 10.4. The number of rotatable bonds is 3. The molecule has 2 unspecified atom stereocenters. The highest BCUT2D eigenvalue weighted by molar-refractivity contribution is 7.84. The Labute approximate surface area is 158 Å². The third kappa shape index (κ3) is 3.08. The molecule has 2 atom stereocenters. The van der Waals surface area contributed by atoms with Gasteiger partial charge in [0.05, 0.1) is 18.0 Å². The van der Waals surface area contributed by atoms with Gasteiger partial charge >= 0.3 is 0 Å². The summed E-state index contributed by atoms with van der Waals surface area (Å²) in [6, 6.07) is 7.82. The van der Waals surface area contributed by atoms with Crippen LogP contribution in [-0.4, -0.2) is 39.3 Å². The van der Waals surface area contributed by atoms with Crippen LogP contribution in [0.1, 0.15) is 52.0 Å². The van der Waals surface area contributed by atoms with Crippen LogP contribution >= 0.6 is 11.6 Å². The van der Waals surface area contributed by atoms with Gasteiger partial charge in [0, 0.05) is 18.5 Å². The van der Waals surface area contributed by atoms with E-state index in [1.165, 1.54) is 0 Å². The van der Waals surface area contributed by atoms with Gasteiger partial charge < -0.3 is 9.47 Å². The van der Waals surface area contributed by atoms with Crippen LogP contribution in [-0.2, 0) is 26.0 Å². The molecule has 6 heteroatoms. The van der Waals surface area contributed by atoms with E-state index >= 15 is 0 Å². The molecule has 0 N–H and O–H groups in total. The number of halogens is 1. The Kier molecular flexibility index (Phi) is 5.35. The summed E-state index contributed by atoms with van der Waals surface area (Å²) >= 11 is 6.64. The molecule has 140 valence electrons. The minimum Gasteiger partial charge on any atom is -0.345 e. The van der Waals surface area contributed by atoms with E-state index in [1.54, 1.807) is 0 Å². The maximum atomic E-state index is 13.4. The van der Waals surface area contributed by atoms with Crippen LogP contribution in [0.15, 0.2) is 24.3 Å². The summed E-state index contributed by atoms with van der Waals surface area (Å²) in [6.07, 6.45) is 3.63. The Hall–Kier alpha value is -0.460. The molecule has 25 heavy (non-hydrogen) atoms. The highest BCUT2D eigenvalue weighted by Crippen LogP contribution is 2.55. The fourth-order valence-corrected chi connectivity index (χ4v) is 5.95. The SMILES string of the molecule is CN(S(=O)C(C)(C)C)C1(c2ccccc2Cl)CCCCC12OCCO2. The summed E-state index contributed by atoms with van der Waals surface area (Å²) < 4.78 is 27.4. The molecule has 1 saturated carbocycles. The van der Waals surface area contributed by atoms with E-state index in [0.717, 1.165) is 31.2 Å². The van der Waals surface area contributed by atoms with E-state index in [4.69, 9.17) is 21.1 Å². The molecule has 4 nitrogen and oxygen atoms in total. The van der Waals surface area contributed by atoms with E-state index in [1.807, 2.05) is 56.4 Å². The predicted molar refractivity (Wildman–Crippen MR) is 102 cm³/mol. The quantitative estimate of drug-likeness (QED) is 0.780. The Bertz CT molecular complexity index is 654. The van der Waals surface area contributed by atoms with Crippen molar-refractivity contribution in [2.75, 3.05) is 20.3 Å². The average Bonchev–Trinajstić information content (AvgIpc) is 3.03. The third-order valence-electron chi connectivity index (χ3n) is 5.31. The smallest absolute Gasteiger partial charge is 0.192 e. The lowest BCUT2D eigenvalue weighted by atomic mass is 9.71. The number of ether oxygens (including phenoxy) is 2. The summed E-state index contributed by atoms with van der Waals surface area (Å²) in [5.41, 5.74) is 0.275. The number of hydrogen-bond acceptors (Lipinski definition) is 3. The molecule has 1 aromatic carbocycles. The van der Waals surface area contributed by atoms with Crippen LogP contribution < -0.4 is 0 Å². The molecule has 2 aliphatic rings. The van der Waals surface area contributed by atoms with Crippen molar-refractivity contribution < 1.29 is 13.7 Å². The van der Waals surface area contributed by atoms with E-state index < -0.39 is 22.3 Å². The zero-order valence-corrected chi connectivity index (χ0v) is 17.1. The monoisotopic (exact) mass is 385 g/mol. The van der Waals surface area contributed by atoms with Gasteiger partial charge in [-0.25, -0.2) is 8.51 Å². The van der Waals surface area contributed by atoms with Crippen LogP contribution in [0.25, 0.3) is 0 Å². The topological polar surface area (TPSA) is 38.8 Å². The second kappa shape index (κ2) is 6.93. The van der Waals surface area contributed by atoms with Crippen molar-refractivity contribution in [3.8, 4) is 0 Å². The Morgan fingerprint density at radius 1 is 1.12 bits per heavy atom. The minimum absolute atomic E-state index is 0.389. The maximum Gasteiger partial charge on any atom is 0.192 e. The summed E-state index contributed by atoms with van der Waals surface area (Å²) in [7, 11) is 0.684. The molecule has 1 aliphatic carbocycles. The van der Waals surface area contributed by atoms with Crippen molar-refractivity contribution in [2.45, 2.75) is 62.5 Å². The van der Waals surface area contributed by atoms with Crippen LogP contribution in [0.5, 0.6) is 0 Å². The van der Waals surface area contributed by atoms with Crippen molar-refractivity contribution in [2.24, 2.45) is 0 Å². The molecule has 1 aromatic rings. The first-order valence-electron chi connectivity index (χ1n) is 8.93. The molecule has 0 aromatic heterocycles. The van der Waals surface area contributed by atoms with Gasteiger partial charge in [0.2, 0.25) is 0 Å². The van der Waals surface area contributed by atoms with E-state index in [9.17, 15) is 4.21 Å². The zero-order valence-electron chi connectivity index (χ0n) is 15.5. The van der Waals surface area contributed by atoms with Crippen molar-refractivity contribution in [3.63, 3.8) is 0 Å². The van der Waals surface area contributed by atoms with Gasteiger partial charge in [-0.1, -0.05) is 36.2 Å². The maximum absolute atomic E-state index is 13.4. The number of likely N-dealkylation sites (N-methyl/N-ethyl adjacent to an activating group) is 1. The van der Waals surface area contributed by atoms with Crippen molar-refractivity contribution >= 4 is 22.6 Å². The van der Waals surface area contributed by atoms with Gasteiger partial charge in [0.1, 0.15) is 16.5 Å². The lowest BCUT2D eigenvalue weighted by Gasteiger charge is -2.55. The summed E-state index contributed by atoms with van der Waals surface area (Å²) in [5, 5.41) is 0.667. The molecule has 1 aliphatic heterocycles. The molecule has 0 bridgehead atoms. The highest BCUT2D eigenvalue weighted by atomic mass is 35.5. The third-order valence-corrected chi connectivity index (χ3v) is 7.49. The van der Waals surface area contributed by atoms with E-state index in [2.05, 4.69) is 0 Å². The van der Waals surface area contributed by atoms with Crippen molar-refractivity contribution in [1.29, 1.82) is 0 Å². The fourth-order valence-electron chi connectivity index (χ4n) is 4.23. The molecule has 0 amide bonds.